The monoisotopic (exact) mass is 334 g/mol. The predicted octanol–water partition coefficient (Wildman–Crippen LogP) is 2.61. The molecule has 1 fully saturated rings. The van der Waals surface area contributed by atoms with E-state index in [-0.39, 0.29) is 0 Å². The molecule has 1 aromatic rings. The Morgan fingerprint density at radius 3 is 2.38 bits per heavy atom. The Morgan fingerprint density at radius 2 is 1.79 bits per heavy atom. The molecule has 24 heavy (non-hydrogen) atoms. The molecule has 6 nitrogen and oxygen atoms in total. The lowest BCUT2D eigenvalue weighted by Gasteiger charge is -2.39. The summed E-state index contributed by atoms with van der Waals surface area (Å²) in [5.74, 6) is 2.33. The van der Waals surface area contributed by atoms with E-state index in [1.807, 2.05) is 10.8 Å². The summed E-state index contributed by atoms with van der Waals surface area (Å²) in [6, 6.07) is 0.318. The summed E-state index contributed by atoms with van der Waals surface area (Å²) < 4.78 is 2.03. The van der Waals surface area contributed by atoms with Crippen molar-refractivity contribution < 1.29 is 0 Å². The van der Waals surface area contributed by atoms with Gasteiger partial charge in [0.25, 0.3) is 0 Å². The second-order valence-corrected chi connectivity index (χ2v) is 7.71. The zero-order valence-corrected chi connectivity index (χ0v) is 15.9. The van der Waals surface area contributed by atoms with Crippen LogP contribution in [0, 0.1) is 11.8 Å². The average Bonchev–Trinajstić information content (AvgIpc) is 3.00. The van der Waals surface area contributed by atoms with Crippen molar-refractivity contribution in [3.63, 3.8) is 0 Å². The molecule has 1 aliphatic heterocycles. The van der Waals surface area contributed by atoms with Gasteiger partial charge in [0.15, 0.2) is 5.82 Å². The number of aromatic nitrogens is 4. The standard InChI is InChI=1S/C18H34N6/c1-6-8-22-10-12-23(13-11-22)17(14-16(4)5)18-19-20-21-24(18)9-7-15(2)3/h6,15-17H,1,7-14H2,2-5H3/t17-/m1/s1. The van der Waals surface area contributed by atoms with E-state index in [2.05, 4.69) is 59.6 Å². The molecule has 0 spiro atoms. The molecule has 0 amide bonds. The van der Waals surface area contributed by atoms with E-state index < -0.39 is 0 Å². The summed E-state index contributed by atoms with van der Waals surface area (Å²) in [6.07, 6.45) is 4.21. The zero-order chi connectivity index (χ0) is 17.5. The summed E-state index contributed by atoms with van der Waals surface area (Å²) in [6.45, 7) is 19.1. The van der Waals surface area contributed by atoms with Gasteiger partial charge in [-0.25, -0.2) is 4.68 Å². The Hall–Kier alpha value is -1.27. The third-order valence-electron chi connectivity index (χ3n) is 4.71. The zero-order valence-electron chi connectivity index (χ0n) is 15.9. The fourth-order valence-corrected chi connectivity index (χ4v) is 3.29. The van der Waals surface area contributed by atoms with Gasteiger partial charge in [-0.15, -0.1) is 11.7 Å². The molecule has 0 N–H and O–H groups in total. The summed E-state index contributed by atoms with van der Waals surface area (Å²) in [5, 5.41) is 12.6. The summed E-state index contributed by atoms with van der Waals surface area (Å²) >= 11 is 0. The molecule has 0 bridgehead atoms. The second kappa shape index (κ2) is 9.28. The van der Waals surface area contributed by atoms with E-state index in [0.29, 0.717) is 17.9 Å². The second-order valence-electron chi connectivity index (χ2n) is 7.71. The Labute approximate surface area is 146 Å². The maximum Gasteiger partial charge on any atom is 0.168 e. The van der Waals surface area contributed by atoms with E-state index in [9.17, 15) is 0 Å². The molecule has 2 heterocycles. The highest BCUT2D eigenvalue weighted by Crippen LogP contribution is 2.27. The van der Waals surface area contributed by atoms with Crippen molar-refractivity contribution in [3.05, 3.63) is 18.5 Å². The molecule has 0 radical (unpaired) electrons. The first-order valence-electron chi connectivity index (χ1n) is 9.34. The SMILES string of the molecule is C=CCN1CCN([C@H](CC(C)C)c2nnnn2CCC(C)C)CC1. The van der Waals surface area contributed by atoms with Crippen LogP contribution in [0.4, 0.5) is 0 Å². The van der Waals surface area contributed by atoms with Gasteiger partial charge in [-0.2, -0.15) is 0 Å². The van der Waals surface area contributed by atoms with Crippen molar-refractivity contribution >= 4 is 0 Å². The van der Waals surface area contributed by atoms with Gasteiger partial charge in [0.05, 0.1) is 6.04 Å². The Balaban J connectivity index is 2.09. The van der Waals surface area contributed by atoms with Gasteiger partial charge in [0, 0.05) is 39.3 Å². The van der Waals surface area contributed by atoms with Gasteiger partial charge in [0.2, 0.25) is 0 Å². The van der Waals surface area contributed by atoms with Crippen molar-refractivity contribution in [2.75, 3.05) is 32.7 Å². The normalized spacial score (nSPS) is 18.4. The molecule has 1 aliphatic rings. The fraction of sp³-hybridized carbons (Fsp3) is 0.833. The van der Waals surface area contributed by atoms with E-state index in [1.165, 1.54) is 0 Å². The molecule has 1 saturated heterocycles. The molecule has 2 rings (SSSR count). The average molecular weight is 335 g/mol. The van der Waals surface area contributed by atoms with Crippen LogP contribution in [0.1, 0.15) is 52.4 Å². The minimum Gasteiger partial charge on any atom is -0.297 e. The van der Waals surface area contributed by atoms with E-state index >= 15 is 0 Å². The molecule has 1 aromatic heterocycles. The third-order valence-corrected chi connectivity index (χ3v) is 4.71. The predicted molar refractivity (Wildman–Crippen MR) is 97.7 cm³/mol. The first-order chi connectivity index (χ1) is 11.5. The van der Waals surface area contributed by atoms with Gasteiger partial charge in [-0.3, -0.25) is 9.80 Å². The molecular formula is C18H34N6. The first kappa shape index (κ1) is 19.1. The van der Waals surface area contributed by atoms with E-state index in [0.717, 1.165) is 57.9 Å². The largest absolute Gasteiger partial charge is 0.297 e. The lowest BCUT2D eigenvalue weighted by atomic mass is 10.0. The Morgan fingerprint density at radius 1 is 1.08 bits per heavy atom. The molecule has 1 atom stereocenters. The lowest BCUT2D eigenvalue weighted by Crippen LogP contribution is -2.48. The van der Waals surface area contributed by atoms with Gasteiger partial charge in [-0.05, 0) is 35.1 Å². The highest BCUT2D eigenvalue weighted by Gasteiger charge is 2.29. The molecular weight excluding hydrogens is 300 g/mol. The highest BCUT2D eigenvalue weighted by molar-refractivity contribution is 4.96. The quantitative estimate of drug-likeness (QED) is 0.650. The van der Waals surface area contributed by atoms with E-state index in [4.69, 9.17) is 0 Å². The van der Waals surface area contributed by atoms with Gasteiger partial charge >= 0.3 is 0 Å². The number of nitrogens with zero attached hydrogens (tertiary/aromatic N) is 6. The van der Waals surface area contributed by atoms with Crippen molar-refractivity contribution in [3.8, 4) is 0 Å². The highest BCUT2D eigenvalue weighted by atomic mass is 15.5. The van der Waals surface area contributed by atoms with Crippen LogP contribution in [0.5, 0.6) is 0 Å². The molecule has 0 saturated carbocycles. The molecule has 136 valence electrons. The maximum absolute atomic E-state index is 4.41. The van der Waals surface area contributed by atoms with Crippen molar-refractivity contribution in [2.24, 2.45) is 11.8 Å². The minimum absolute atomic E-state index is 0.318. The number of rotatable bonds is 9. The van der Waals surface area contributed by atoms with Crippen LogP contribution < -0.4 is 0 Å². The molecule has 0 aliphatic carbocycles. The van der Waals surface area contributed by atoms with Crippen LogP contribution in [0.15, 0.2) is 12.7 Å². The van der Waals surface area contributed by atoms with Gasteiger partial charge in [-0.1, -0.05) is 33.8 Å². The molecule has 0 aromatic carbocycles. The van der Waals surface area contributed by atoms with Crippen LogP contribution in [0.3, 0.4) is 0 Å². The number of hydrogen-bond acceptors (Lipinski definition) is 5. The van der Waals surface area contributed by atoms with Crippen molar-refractivity contribution in [1.82, 2.24) is 30.0 Å². The smallest absolute Gasteiger partial charge is 0.168 e. The van der Waals surface area contributed by atoms with Crippen LogP contribution in [-0.4, -0.2) is 62.7 Å². The topological polar surface area (TPSA) is 50.1 Å². The summed E-state index contributed by atoms with van der Waals surface area (Å²) in [7, 11) is 0. The maximum atomic E-state index is 4.41. The van der Waals surface area contributed by atoms with Crippen molar-refractivity contribution in [1.29, 1.82) is 0 Å². The number of piperazine rings is 1. The Bertz CT molecular complexity index is 487. The third kappa shape index (κ3) is 5.38. The number of aryl methyl sites for hydroxylation is 1. The fourth-order valence-electron chi connectivity index (χ4n) is 3.29. The van der Waals surface area contributed by atoms with Crippen LogP contribution in [0.25, 0.3) is 0 Å². The van der Waals surface area contributed by atoms with Gasteiger partial charge in [0.1, 0.15) is 0 Å². The number of hydrogen-bond donors (Lipinski definition) is 0. The lowest BCUT2D eigenvalue weighted by molar-refractivity contribution is 0.0861. The minimum atomic E-state index is 0.318. The molecule has 0 unspecified atom stereocenters. The van der Waals surface area contributed by atoms with Gasteiger partial charge < -0.3 is 0 Å². The van der Waals surface area contributed by atoms with Crippen LogP contribution >= 0.6 is 0 Å². The Kier molecular flexibility index (Phi) is 7.37. The van der Waals surface area contributed by atoms with Crippen LogP contribution in [0.2, 0.25) is 0 Å². The molecule has 6 heteroatoms. The van der Waals surface area contributed by atoms with Crippen LogP contribution in [-0.2, 0) is 6.54 Å². The van der Waals surface area contributed by atoms with E-state index in [1.54, 1.807) is 0 Å². The first-order valence-corrected chi connectivity index (χ1v) is 9.34. The number of tetrazole rings is 1. The summed E-state index contributed by atoms with van der Waals surface area (Å²) in [5.41, 5.74) is 0. The van der Waals surface area contributed by atoms with Crippen molar-refractivity contribution in [2.45, 2.75) is 53.1 Å². The summed E-state index contributed by atoms with van der Waals surface area (Å²) in [4.78, 5) is 5.02.